The summed E-state index contributed by atoms with van der Waals surface area (Å²) in [7, 11) is 0. The van der Waals surface area contributed by atoms with Crippen molar-refractivity contribution in [2.75, 3.05) is 6.61 Å². The summed E-state index contributed by atoms with van der Waals surface area (Å²) >= 11 is 0. The standard InChI is InChI=1S/C7H8N2O2.C5H6N4O/c1-2-11-7(10)6-8-4-3-5-9-6;6-9-5(10)4-7-2-1-3-8-4/h3-5H,2H2,1H3;1-3H,6H2,(H,9,10). The highest BCUT2D eigenvalue weighted by Crippen LogP contribution is 1.90. The number of nitrogens with two attached hydrogens (primary N) is 1. The number of amides is 1. The fourth-order valence-corrected chi connectivity index (χ4v) is 1.08. The summed E-state index contributed by atoms with van der Waals surface area (Å²) in [5, 5.41) is 0. The summed E-state index contributed by atoms with van der Waals surface area (Å²) in [6, 6.07) is 3.26. The molecule has 9 heteroatoms. The Labute approximate surface area is 120 Å². The molecule has 0 saturated heterocycles. The van der Waals surface area contributed by atoms with Crippen molar-refractivity contribution in [1.29, 1.82) is 0 Å². The summed E-state index contributed by atoms with van der Waals surface area (Å²) in [5.41, 5.74) is 1.92. The number of ether oxygens (including phenoxy) is 1. The van der Waals surface area contributed by atoms with Gasteiger partial charge in [-0.1, -0.05) is 0 Å². The van der Waals surface area contributed by atoms with Crippen LogP contribution in [0.15, 0.2) is 36.9 Å². The molecule has 0 aliphatic carbocycles. The minimum absolute atomic E-state index is 0.0741. The van der Waals surface area contributed by atoms with Crippen molar-refractivity contribution in [3.8, 4) is 0 Å². The third kappa shape index (κ3) is 5.70. The van der Waals surface area contributed by atoms with E-state index in [1.807, 2.05) is 5.43 Å². The molecule has 0 unspecified atom stereocenters. The summed E-state index contributed by atoms with van der Waals surface area (Å²) in [5.74, 6) is 4.04. The van der Waals surface area contributed by atoms with E-state index in [0.29, 0.717) is 6.61 Å². The molecular weight excluding hydrogens is 276 g/mol. The average Bonchev–Trinajstić information content (AvgIpc) is 2.56. The molecule has 3 N–H and O–H groups in total. The van der Waals surface area contributed by atoms with Crippen molar-refractivity contribution in [3.05, 3.63) is 48.6 Å². The number of nitrogens with one attached hydrogen (secondary N) is 1. The van der Waals surface area contributed by atoms with E-state index < -0.39 is 11.9 Å². The number of nitrogen functional groups attached to an aromatic ring is 1. The Morgan fingerprint density at radius 3 is 1.95 bits per heavy atom. The first-order valence-corrected chi connectivity index (χ1v) is 5.91. The van der Waals surface area contributed by atoms with E-state index in [-0.39, 0.29) is 11.6 Å². The van der Waals surface area contributed by atoms with Crippen molar-refractivity contribution in [2.24, 2.45) is 5.84 Å². The first-order chi connectivity index (χ1) is 10.2. The van der Waals surface area contributed by atoms with E-state index in [4.69, 9.17) is 5.84 Å². The number of esters is 1. The SMILES string of the molecule is CCOC(=O)c1ncccn1.NNC(=O)c1ncccn1. The first-order valence-electron chi connectivity index (χ1n) is 5.91. The van der Waals surface area contributed by atoms with Crippen LogP contribution in [-0.2, 0) is 4.74 Å². The van der Waals surface area contributed by atoms with Crippen molar-refractivity contribution in [3.63, 3.8) is 0 Å². The molecule has 0 fully saturated rings. The zero-order chi connectivity index (χ0) is 15.5. The summed E-state index contributed by atoms with van der Waals surface area (Å²) < 4.78 is 4.66. The third-order valence-corrected chi connectivity index (χ3v) is 1.92. The van der Waals surface area contributed by atoms with Gasteiger partial charge in [0, 0.05) is 24.8 Å². The minimum atomic E-state index is -0.486. The number of rotatable bonds is 3. The van der Waals surface area contributed by atoms with Crippen molar-refractivity contribution < 1.29 is 14.3 Å². The molecule has 0 aromatic carbocycles. The van der Waals surface area contributed by atoms with Gasteiger partial charge in [0.25, 0.3) is 0 Å². The molecule has 0 aliphatic rings. The molecule has 0 aliphatic heterocycles. The predicted octanol–water partition coefficient (Wildman–Crippen LogP) is -0.267. The van der Waals surface area contributed by atoms with Crippen molar-refractivity contribution in [1.82, 2.24) is 25.4 Å². The van der Waals surface area contributed by atoms with Crippen LogP contribution < -0.4 is 11.3 Å². The largest absolute Gasteiger partial charge is 0.460 e. The molecule has 0 radical (unpaired) electrons. The van der Waals surface area contributed by atoms with Gasteiger partial charge >= 0.3 is 11.9 Å². The van der Waals surface area contributed by atoms with Crippen molar-refractivity contribution >= 4 is 11.9 Å². The summed E-state index contributed by atoms with van der Waals surface area (Å²) in [4.78, 5) is 36.3. The zero-order valence-corrected chi connectivity index (χ0v) is 11.3. The molecule has 9 nitrogen and oxygen atoms in total. The number of hydrogen-bond acceptors (Lipinski definition) is 8. The van der Waals surface area contributed by atoms with Crippen LogP contribution in [0.25, 0.3) is 0 Å². The van der Waals surface area contributed by atoms with Gasteiger partial charge < -0.3 is 4.74 Å². The fourth-order valence-electron chi connectivity index (χ4n) is 1.08. The van der Waals surface area contributed by atoms with E-state index in [1.165, 1.54) is 24.8 Å². The lowest BCUT2D eigenvalue weighted by atomic mass is 10.5. The molecule has 0 saturated carbocycles. The minimum Gasteiger partial charge on any atom is -0.460 e. The maximum absolute atomic E-state index is 10.9. The lowest BCUT2D eigenvalue weighted by molar-refractivity contribution is 0.0511. The quantitative estimate of drug-likeness (QED) is 0.341. The van der Waals surface area contributed by atoms with Crippen LogP contribution >= 0.6 is 0 Å². The molecule has 1 amide bonds. The van der Waals surface area contributed by atoms with Gasteiger partial charge in [-0.2, -0.15) is 0 Å². The number of hydrazine groups is 1. The molecule has 2 aromatic rings. The molecule has 110 valence electrons. The van der Waals surface area contributed by atoms with Gasteiger partial charge in [0.1, 0.15) is 0 Å². The monoisotopic (exact) mass is 290 g/mol. The molecule has 2 aromatic heterocycles. The zero-order valence-electron chi connectivity index (χ0n) is 11.3. The van der Waals surface area contributed by atoms with Gasteiger partial charge in [-0.3, -0.25) is 10.2 Å². The number of nitrogens with zero attached hydrogens (tertiary/aromatic N) is 4. The van der Waals surface area contributed by atoms with Crippen LogP contribution in [0.2, 0.25) is 0 Å². The summed E-state index contributed by atoms with van der Waals surface area (Å²) in [6.07, 6.45) is 5.94. The van der Waals surface area contributed by atoms with E-state index in [9.17, 15) is 9.59 Å². The maximum Gasteiger partial charge on any atom is 0.376 e. The highest BCUT2D eigenvalue weighted by Gasteiger charge is 2.06. The van der Waals surface area contributed by atoms with Crippen molar-refractivity contribution in [2.45, 2.75) is 6.92 Å². The molecule has 2 rings (SSSR count). The molecule has 0 atom stereocenters. The number of carbonyl (C=O) groups is 2. The molecular formula is C12H14N6O3. The van der Waals surface area contributed by atoms with E-state index >= 15 is 0 Å². The van der Waals surface area contributed by atoms with Crippen LogP contribution in [0, 0.1) is 0 Å². The van der Waals surface area contributed by atoms with Gasteiger partial charge in [-0.05, 0) is 19.1 Å². The highest BCUT2D eigenvalue weighted by atomic mass is 16.5. The van der Waals surface area contributed by atoms with Crippen LogP contribution in [-0.4, -0.2) is 38.4 Å². The Morgan fingerprint density at radius 1 is 1.05 bits per heavy atom. The number of aromatic nitrogens is 4. The molecule has 0 spiro atoms. The van der Waals surface area contributed by atoms with E-state index in [2.05, 4.69) is 24.7 Å². The normalized spacial score (nSPS) is 9.05. The second-order valence-electron chi connectivity index (χ2n) is 3.34. The Morgan fingerprint density at radius 2 is 1.52 bits per heavy atom. The number of hydrogen-bond donors (Lipinski definition) is 2. The second-order valence-corrected chi connectivity index (χ2v) is 3.34. The average molecular weight is 290 g/mol. The van der Waals surface area contributed by atoms with E-state index in [1.54, 1.807) is 19.1 Å². The van der Waals surface area contributed by atoms with Crippen LogP contribution in [0.3, 0.4) is 0 Å². The van der Waals surface area contributed by atoms with Gasteiger partial charge in [-0.25, -0.2) is 30.6 Å². The fraction of sp³-hybridized carbons (Fsp3) is 0.167. The first kappa shape index (κ1) is 16.1. The predicted molar refractivity (Wildman–Crippen MR) is 71.7 cm³/mol. The van der Waals surface area contributed by atoms with E-state index in [0.717, 1.165) is 0 Å². The van der Waals surface area contributed by atoms with Crippen LogP contribution in [0.5, 0.6) is 0 Å². The third-order valence-electron chi connectivity index (χ3n) is 1.92. The Hall–Kier alpha value is -2.94. The topological polar surface area (TPSA) is 133 Å². The Bertz CT molecular complexity index is 564. The van der Waals surface area contributed by atoms with Gasteiger partial charge in [0.2, 0.25) is 11.6 Å². The Balaban J connectivity index is 0.000000211. The van der Waals surface area contributed by atoms with Gasteiger partial charge in [0.15, 0.2) is 0 Å². The lowest BCUT2D eigenvalue weighted by Crippen LogP contribution is -2.31. The number of carbonyl (C=O) groups excluding carboxylic acids is 2. The Kier molecular flexibility index (Phi) is 6.94. The van der Waals surface area contributed by atoms with Crippen LogP contribution in [0.1, 0.15) is 28.2 Å². The highest BCUT2D eigenvalue weighted by molar-refractivity contribution is 5.89. The maximum atomic E-state index is 10.9. The van der Waals surface area contributed by atoms with Crippen LogP contribution in [0.4, 0.5) is 0 Å². The van der Waals surface area contributed by atoms with Gasteiger partial charge in [-0.15, -0.1) is 0 Å². The lowest BCUT2D eigenvalue weighted by Gasteiger charge is -1.97. The smallest absolute Gasteiger partial charge is 0.376 e. The molecule has 0 bridgehead atoms. The summed E-state index contributed by atoms with van der Waals surface area (Å²) in [6.45, 7) is 2.08. The second kappa shape index (κ2) is 9.04. The molecule has 21 heavy (non-hydrogen) atoms. The van der Waals surface area contributed by atoms with Gasteiger partial charge in [0.05, 0.1) is 6.61 Å². The molecule has 2 heterocycles.